The van der Waals surface area contributed by atoms with Gasteiger partial charge in [0.15, 0.2) is 6.17 Å². The van der Waals surface area contributed by atoms with Crippen LogP contribution in [-0.4, -0.2) is 0 Å². The van der Waals surface area contributed by atoms with E-state index in [4.69, 9.17) is 12.6 Å². The highest BCUT2D eigenvalue weighted by Crippen LogP contribution is 2.42. The normalized spacial score (nSPS) is 13.9. The fourth-order valence-electron chi connectivity index (χ4n) is 4.87. The summed E-state index contributed by atoms with van der Waals surface area (Å²) in [5.74, 6) is -1.10. The molecule has 0 atom stereocenters. The molecule has 0 radical (unpaired) electrons. The first-order valence-electron chi connectivity index (χ1n) is 14.7. The molecule has 0 spiro atoms. The van der Waals surface area contributed by atoms with Crippen LogP contribution in [0.1, 0.15) is 24.9 Å². The van der Waals surface area contributed by atoms with Gasteiger partial charge >= 0.3 is 0 Å². The smallest absolute Gasteiger partial charge is 0.219 e. The van der Waals surface area contributed by atoms with Crippen molar-refractivity contribution < 1.29 is 21.6 Å². The summed E-state index contributed by atoms with van der Waals surface area (Å²) in [6, 6.07) is 22.3. The molecule has 0 saturated heterocycles. The Morgan fingerprint density at radius 1 is 0.919 bits per heavy atom. The molecule has 2 aromatic heterocycles. The molecule has 4 heteroatoms. The predicted octanol–water partition coefficient (Wildman–Crippen LogP) is 8.04. The highest BCUT2D eigenvalue weighted by Gasteiger charge is 2.24. The number of rotatable bonds is 3. The van der Waals surface area contributed by atoms with Crippen molar-refractivity contribution in [1.29, 1.82) is 5.26 Å². The van der Waals surface area contributed by atoms with E-state index in [1.165, 1.54) is 11.6 Å². The Hall–Kier alpha value is -4.75. The molecule has 0 aliphatic heterocycles. The molecule has 2 heterocycles. The van der Waals surface area contributed by atoms with Crippen LogP contribution in [-0.2, 0) is 7.05 Å². The number of pyridine rings is 1. The summed E-state index contributed by atoms with van der Waals surface area (Å²) in [5.41, 5.74) is 4.65. The number of hydrogen-bond donors (Lipinski definition) is 0. The van der Waals surface area contributed by atoms with Crippen molar-refractivity contribution in [2.24, 2.45) is 7.05 Å². The van der Waals surface area contributed by atoms with Crippen LogP contribution in [0.4, 0.5) is 4.39 Å². The predicted molar refractivity (Wildman–Crippen MR) is 145 cm³/mol. The number of halogens is 1. The molecule has 4 aromatic carbocycles. The van der Waals surface area contributed by atoms with Crippen LogP contribution in [0.2, 0.25) is 0 Å². The van der Waals surface area contributed by atoms with E-state index in [2.05, 4.69) is 6.07 Å². The molecule has 178 valence electrons. The van der Waals surface area contributed by atoms with Gasteiger partial charge in [0.2, 0.25) is 5.69 Å². The Morgan fingerprint density at radius 3 is 2.41 bits per heavy atom. The molecule has 3 nitrogen and oxygen atoms in total. The first kappa shape index (κ1) is 16.8. The Morgan fingerprint density at radius 2 is 1.65 bits per heavy atom. The first-order valence-corrected chi connectivity index (χ1v) is 11.7. The summed E-state index contributed by atoms with van der Waals surface area (Å²) < 4.78 is 71.7. The van der Waals surface area contributed by atoms with Crippen LogP contribution in [0.3, 0.4) is 0 Å². The monoisotopic (exact) mass is 489 g/mol. The standard InChI is InChI=1S/C33H24FN2O/c1-20-9-11-23(17-28(20)22-7-5-4-6-8-22)31-24(19-35)12-14-27-26-13-10-21(2)30(32(26)37-33(27)31)29-18-25(34)15-16-36(29)3/h4-18H,1-3H3/q+1/i1D3,15D,16D,18D. The van der Waals surface area contributed by atoms with E-state index < -0.39 is 24.8 Å². The van der Waals surface area contributed by atoms with Crippen LogP contribution in [0.25, 0.3) is 55.4 Å². The van der Waals surface area contributed by atoms with E-state index in [0.29, 0.717) is 60.9 Å². The maximum Gasteiger partial charge on any atom is 0.219 e. The van der Waals surface area contributed by atoms with Gasteiger partial charge in [-0.25, -0.2) is 8.96 Å². The molecule has 0 fully saturated rings. The Bertz CT molecular complexity index is 2120. The van der Waals surface area contributed by atoms with Gasteiger partial charge in [-0.15, -0.1) is 0 Å². The summed E-state index contributed by atoms with van der Waals surface area (Å²) in [4.78, 5) is 0. The van der Waals surface area contributed by atoms with Crippen molar-refractivity contribution in [3.63, 3.8) is 0 Å². The van der Waals surface area contributed by atoms with Crippen molar-refractivity contribution in [2.75, 3.05) is 0 Å². The zero-order chi connectivity index (χ0) is 30.8. The zero-order valence-corrected chi connectivity index (χ0v) is 20.1. The van der Waals surface area contributed by atoms with E-state index in [0.717, 1.165) is 0 Å². The minimum Gasteiger partial charge on any atom is -0.454 e. The maximum absolute atomic E-state index is 14.9. The highest BCUT2D eigenvalue weighted by atomic mass is 19.1. The Balaban J connectivity index is 1.71. The SMILES string of the molecule is [2H]c1c(F)c([2H])c(-c2c(C)ccc3c2oc2c(-c4ccc(C([2H])([2H])[2H])c(-c5ccccc5)c4)c(C#N)ccc23)[n+](C)c1[2H]. The minimum absolute atomic E-state index is 0.0936. The number of nitrogens with zero attached hydrogens (tertiary/aromatic N) is 2. The third-order valence-corrected chi connectivity index (χ3v) is 6.67. The number of nitriles is 1. The van der Waals surface area contributed by atoms with E-state index in [1.54, 1.807) is 37.3 Å². The number of benzene rings is 4. The quantitative estimate of drug-likeness (QED) is 0.236. The largest absolute Gasteiger partial charge is 0.454 e. The van der Waals surface area contributed by atoms with Gasteiger partial charge in [0.05, 0.1) is 19.9 Å². The number of aromatic nitrogens is 1. The van der Waals surface area contributed by atoms with Gasteiger partial charge in [-0.05, 0) is 59.8 Å². The summed E-state index contributed by atoms with van der Waals surface area (Å²) in [7, 11) is 1.50. The fraction of sp³-hybridized carbons (Fsp3) is 0.0909. The lowest BCUT2D eigenvalue weighted by molar-refractivity contribution is -0.660. The molecule has 6 rings (SSSR count). The second-order valence-corrected chi connectivity index (χ2v) is 8.92. The lowest BCUT2D eigenvalue weighted by Crippen LogP contribution is -2.30. The van der Waals surface area contributed by atoms with Crippen LogP contribution in [0.5, 0.6) is 0 Å². The lowest BCUT2D eigenvalue weighted by atomic mass is 9.92. The Kier molecular flexibility index (Phi) is 3.97. The maximum atomic E-state index is 14.9. The van der Waals surface area contributed by atoms with Gasteiger partial charge < -0.3 is 4.42 Å². The fourth-order valence-corrected chi connectivity index (χ4v) is 4.87. The van der Waals surface area contributed by atoms with Gasteiger partial charge in [0, 0.05) is 32.5 Å². The second-order valence-electron chi connectivity index (χ2n) is 8.92. The number of aryl methyl sites for hydroxylation is 2. The van der Waals surface area contributed by atoms with E-state index in [1.807, 2.05) is 42.5 Å². The zero-order valence-electron chi connectivity index (χ0n) is 26.1. The van der Waals surface area contributed by atoms with E-state index in [-0.39, 0.29) is 17.4 Å². The number of hydrogen-bond acceptors (Lipinski definition) is 2. The van der Waals surface area contributed by atoms with Crippen LogP contribution in [0, 0.1) is 30.9 Å². The molecule has 37 heavy (non-hydrogen) atoms. The molecule has 0 aliphatic carbocycles. The molecule has 6 aromatic rings. The summed E-state index contributed by atoms with van der Waals surface area (Å²) in [5, 5.41) is 11.5. The third-order valence-electron chi connectivity index (χ3n) is 6.67. The van der Waals surface area contributed by atoms with Crippen LogP contribution in [0.15, 0.2) is 95.5 Å². The summed E-state index contributed by atoms with van der Waals surface area (Å²) >= 11 is 0. The van der Waals surface area contributed by atoms with Gasteiger partial charge in [-0.1, -0.05) is 54.6 Å². The van der Waals surface area contributed by atoms with Gasteiger partial charge in [-0.2, -0.15) is 5.26 Å². The van der Waals surface area contributed by atoms with Crippen LogP contribution < -0.4 is 4.57 Å². The van der Waals surface area contributed by atoms with Crippen molar-refractivity contribution in [3.05, 3.63) is 114 Å². The van der Waals surface area contributed by atoms with Gasteiger partial charge in [0.1, 0.15) is 25.4 Å². The van der Waals surface area contributed by atoms with Gasteiger partial charge in [-0.3, -0.25) is 0 Å². The number of furan rings is 1. The van der Waals surface area contributed by atoms with E-state index >= 15 is 0 Å². The second kappa shape index (κ2) is 8.72. The average molecular weight is 490 g/mol. The van der Waals surface area contributed by atoms with Crippen molar-refractivity contribution >= 4 is 21.9 Å². The number of fused-ring (bicyclic) bond motifs is 3. The summed E-state index contributed by atoms with van der Waals surface area (Å²) in [6.07, 6.45) is -0.383. The van der Waals surface area contributed by atoms with Gasteiger partial charge in [0.25, 0.3) is 0 Å². The molecule has 0 bridgehead atoms. The Labute approximate surface area is 223 Å². The lowest BCUT2D eigenvalue weighted by Gasteiger charge is -2.11. The molecule has 0 unspecified atom stereocenters. The average Bonchev–Trinajstić information content (AvgIpc) is 3.38. The molecule has 0 N–H and O–H groups in total. The molecule has 0 aliphatic rings. The molecular formula is C33H24FN2O+. The first-order chi connectivity index (χ1) is 20.4. The van der Waals surface area contributed by atoms with E-state index in [9.17, 15) is 9.65 Å². The van der Waals surface area contributed by atoms with Crippen molar-refractivity contribution in [1.82, 2.24) is 0 Å². The molecule has 0 amide bonds. The molecular weight excluding hydrogens is 459 g/mol. The molecule has 0 saturated carbocycles. The summed E-state index contributed by atoms with van der Waals surface area (Å²) in [6.45, 7) is -0.581. The van der Waals surface area contributed by atoms with Crippen LogP contribution >= 0.6 is 0 Å². The van der Waals surface area contributed by atoms with Crippen molar-refractivity contribution in [2.45, 2.75) is 13.8 Å². The topological polar surface area (TPSA) is 40.8 Å². The minimum atomic E-state index is -2.37. The van der Waals surface area contributed by atoms with Crippen molar-refractivity contribution in [3.8, 4) is 39.6 Å². The third kappa shape index (κ3) is 3.68. The highest BCUT2D eigenvalue weighted by molar-refractivity contribution is 6.14.